The Balaban J connectivity index is 1.62. The van der Waals surface area contributed by atoms with Gasteiger partial charge in [-0.15, -0.1) is 0 Å². The number of Topliss-reactive ketones (excluding diaryl/α,β-unsaturated/α-hetero) is 2. The number of esters is 1. The first kappa shape index (κ1) is 37.2. The smallest absolute Gasteiger partial charge is 0.410 e. The zero-order chi connectivity index (χ0) is 35.6. The van der Waals surface area contributed by atoms with Gasteiger partial charge in [-0.2, -0.15) is 0 Å². The molecular formula is C36H51FN4O7. The maximum atomic E-state index is 16.2. The summed E-state index contributed by atoms with van der Waals surface area (Å²) in [5.74, 6) is -5.11. The molecule has 2 fully saturated rings. The summed E-state index contributed by atoms with van der Waals surface area (Å²) in [4.78, 5) is 64.9. The van der Waals surface area contributed by atoms with E-state index in [4.69, 9.17) is 14.2 Å². The molecule has 2 saturated heterocycles. The molecule has 2 aliphatic rings. The predicted octanol–water partition coefficient (Wildman–Crippen LogP) is 5.85. The van der Waals surface area contributed by atoms with Crippen LogP contribution in [0, 0.1) is 23.7 Å². The van der Waals surface area contributed by atoms with E-state index < -0.39 is 70.5 Å². The number of fused-ring (bicyclic) bond motifs is 1. The Bertz CT molecular complexity index is 1480. The average molecular weight is 671 g/mol. The summed E-state index contributed by atoms with van der Waals surface area (Å²) in [5.41, 5.74) is -3.72. The van der Waals surface area contributed by atoms with E-state index in [1.165, 1.54) is 7.11 Å². The van der Waals surface area contributed by atoms with Crippen molar-refractivity contribution < 1.29 is 37.8 Å². The number of rotatable bonds is 8. The highest BCUT2D eigenvalue weighted by atomic mass is 19.1. The summed E-state index contributed by atoms with van der Waals surface area (Å²) in [6, 6.07) is 2.97. The van der Waals surface area contributed by atoms with Gasteiger partial charge in [0, 0.05) is 62.1 Å². The van der Waals surface area contributed by atoms with E-state index in [0.29, 0.717) is 19.4 Å². The van der Waals surface area contributed by atoms with Crippen LogP contribution in [0.4, 0.5) is 9.18 Å². The third-order valence-corrected chi connectivity index (χ3v) is 10.9. The largest absolute Gasteiger partial charge is 0.455 e. The van der Waals surface area contributed by atoms with Crippen LogP contribution in [0.1, 0.15) is 81.1 Å². The van der Waals surface area contributed by atoms with Crippen LogP contribution >= 0.6 is 0 Å². The Morgan fingerprint density at radius 1 is 1.04 bits per heavy atom. The highest BCUT2D eigenvalue weighted by Gasteiger charge is 2.61. The molecule has 0 saturated carbocycles. The van der Waals surface area contributed by atoms with Crippen molar-refractivity contribution in [2.75, 3.05) is 13.7 Å². The fourth-order valence-electron chi connectivity index (χ4n) is 7.60. The number of halogens is 1. The second-order valence-corrected chi connectivity index (χ2v) is 14.2. The van der Waals surface area contributed by atoms with Gasteiger partial charge in [0.15, 0.2) is 11.4 Å². The lowest BCUT2D eigenvalue weighted by molar-refractivity contribution is -0.181. The molecule has 4 rings (SSSR count). The highest BCUT2D eigenvalue weighted by molar-refractivity contribution is 6.07. The Morgan fingerprint density at radius 2 is 1.73 bits per heavy atom. The van der Waals surface area contributed by atoms with Crippen molar-refractivity contribution in [1.82, 2.24) is 19.4 Å². The number of carbonyl (C=O) groups is 4. The summed E-state index contributed by atoms with van der Waals surface area (Å²) in [6.45, 7) is 13.9. The number of alkyl halides is 1. The van der Waals surface area contributed by atoms with Crippen molar-refractivity contribution in [2.45, 2.75) is 117 Å². The zero-order valence-electron chi connectivity index (χ0n) is 29.7. The van der Waals surface area contributed by atoms with Crippen LogP contribution in [0.3, 0.4) is 0 Å². The van der Waals surface area contributed by atoms with E-state index in [0.717, 1.165) is 18.2 Å². The van der Waals surface area contributed by atoms with E-state index in [1.54, 1.807) is 65.2 Å². The molecule has 0 N–H and O–H groups in total. The second-order valence-electron chi connectivity index (χ2n) is 14.2. The number of imidazole rings is 1. The van der Waals surface area contributed by atoms with Gasteiger partial charge in [0.1, 0.15) is 11.9 Å². The molecule has 0 aromatic carbocycles. The lowest BCUT2D eigenvalue weighted by Crippen LogP contribution is -2.59. The average Bonchev–Trinajstić information content (AvgIpc) is 3.65. The molecule has 9 atom stereocenters. The van der Waals surface area contributed by atoms with Crippen molar-refractivity contribution in [3.05, 3.63) is 37.1 Å². The standard InChI is InChI=1S/C36H51FN4O7/c1-10-28-36(8)30(41(33(45)48-36)17-12-11-16-40-20-27(39-21-40)26-14-13-15-38-19-26)24(4)29(42)22(2)18-34(6,46-9)25(5)23(3)31(43)35(7,37)32(44)47-28/h13-15,19-25,28,30H,10-12,16-18H2,1-9H3. The lowest BCUT2D eigenvalue weighted by Gasteiger charge is -2.43. The molecule has 4 heterocycles. The van der Waals surface area contributed by atoms with Gasteiger partial charge in [0.25, 0.3) is 5.67 Å². The molecule has 0 bridgehead atoms. The van der Waals surface area contributed by atoms with Gasteiger partial charge < -0.3 is 23.7 Å². The first-order valence-corrected chi connectivity index (χ1v) is 17.0. The highest BCUT2D eigenvalue weighted by Crippen LogP contribution is 2.43. The van der Waals surface area contributed by atoms with Crippen LogP contribution in [0.15, 0.2) is 37.1 Å². The number of carbonyl (C=O) groups excluding carboxylic acids is 4. The molecule has 12 heteroatoms. The third kappa shape index (κ3) is 7.04. The molecule has 11 nitrogen and oxygen atoms in total. The van der Waals surface area contributed by atoms with E-state index >= 15 is 4.39 Å². The van der Waals surface area contributed by atoms with Crippen molar-refractivity contribution in [1.29, 1.82) is 0 Å². The molecule has 2 aromatic heterocycles. The second kappa shape index (κ2) is 14.4. The Morgan fingerprint density at radius 3 is 2.35 bits per heavy atom. The topological polar surface area (TPSA) is 130 Å². The summed E-state index contributed by atoms with van der Waals surface area (Å²) in [5, 5.41) is 0. The van der Waals surface area contributed by atoms with E-state index in [-0.39, 0.29) is 25.2 Å². The van der Waals surface area contributed by atoms with Gasteiger partial charge >= 0.3 is 12.1 Å². The lowest BCUT2D eigenvalue weighted by atomic mass is 9.70. The number of hydrogen-bond donors (Lipinski definition) is 0. The predicted molar refractivity (Wildman–Crippen MR) is 176 cm³/mol. The molecule has 0 spiro atoms. The first-order chi connectivity index (χ1) is 22.5. The van der Waals surface area contributed by atoms with Crippen LogP contribution < -0.4 is 0 Å². The molecular weight excluding hydrogens is 619 g/mol. The monoisotopic (exact) mass is 670 g/mol. The normalized spacial score (nSPS) is 35.2. The van der Waals surface area contributed by atoms with Gasteiger partial charge in [-0.3, -0.25) is 14.6 Å². The summed E-state index contributed by atoms with van der Waals surface area (Å²) in [6.07, 6.45) is 7.09. The number of aryl methyl sites for hydroxylation is 1. The van der Waals surface area contributed by atoms with Crippen LogP contribution in [-0.4, -0.2) is 85.7 Å². The fourth-order valence-corrected chi connectivity index (χ4v) is 7.60. The number of pyridine rings is 1. The van der Waals surface area contributed by atoms with E-state index in [2.05, 4.69) is 9.97 Å². The molecule has 48 heavy (non-hydrogen) atoms. The van der Waals surface area contributed by atoms with E-state index in [9.17, 15) is 19.2 Å². The minimum atomic E-state index is -2.95. The van der Waals surface area contributed by atoms with Crippen molar-refractivity contribution in [3.63, 3.8) is 0 Å². The Kier molecular flexibility index (Phi) is 11.2. The first-order valence-electron chi connectivity index (χ1n) is 17.0. The molecule has 2 aromatic rings. The van der Waals surface area contributed by atoms with Crippen LogP contribution in [-0.2, 0) is 35.1 Å². The van der Waals surface area contributed by atoms with Crippen LogP contribution in [0.25, 0.3) is 11.3 Å². The van der Waals surface area contributed by atoms with Crippen molar-refractivity contribution in [3.8, 4) is 11.3 Å². The number of aromatic nitrogens is 3. The van der Waals surface area contributed by atoms with Crippen molar-refractivity contribution in [2.24, 2.45) is 23.7 Å². The number of ketones is 2. The molecule has 0 aliphatic carbocycles. The summed E-state index contributed by atoms with van der Waals surface area (Å²) < 4.78 is 35.7. The van der Waals surface area contributed by atoms with Crippen molar-refractivity contribution >= 4 is 23.6 Å². The third-order valence-electron chi connectivity index (χ3n) is 10.9. The molecule has 1 amide bonds. The molecule has 9 unspecified atom stereocenters. The SMILES string of the molecule is CCC1OC(=O)C(C)(F)C(=O)C(C)C(C)C(C)(OC)CC(C)C(=O)C(C)C2N(CCCCn3cnc(-c4cccnc4)c3)C(=O)OC12C. The summed E-state index contributed by atoms with van der Waals surface area (Å²) in [7, 11) is 1.50. The maximum Gasteiger partial charge on any atom is 0.410 e. The number of amides is 1. The minimum Gasteiger partial charge on any atom is -0.455 e. The number of nitrogens with zero attached hydrogens (tertiary/aromatic N) is 4. The van der Waals surface area contributed by atoms with Crippen LogP contribution in [0.5, 0.6) is 0 Å². The van der Waals surface area contributed by atoms with Gasteiger partial charge in [0.05, 0.1) is 23.7 Å². The summed E-state index contributed by atoms with van der Waals surface area (Å²) >= 11 is 0. The fraction of sp³-hybridized carbons (Fsp3) is 0.667. The zero-order valence-corrected chi connectivity index (χ0v) is 29.7. The van der Waals surface area contributed by atoms with Gasteiger partial charge in [0.2, 0.25) is 0 Å². The molecule has 2 aliphatic heterocycles. The molecule has 0 radical (unpaired) electrons. The van der Waals surface area contributed by atoms with Gasteiger partial charge in [-0.25, -0.2) is 19.0 Å². The number of unbranched alkanes of at least 4 members (excludes halogenated alkanes) is 1. The van der Waals surface area contributed by atoms with Crippen LogP contribution in [0.2, 0.25) is 0 Å². The maximum absolute atomic E-state index is 16.2. The number of methoxy groups -OCH3 is 1. The number of cyclic esters (lactones) is 1. The van der Waals surface area contributed by atoms with Gasteiger partial charge in [-0.1, -0.05) is 34.6 Å². The molecule has 264 valence electrons. The minimum absolute atomic E-state index is 0.112. The quantitative estimate of drug-likeness (QED) is 0.193. The van der Waals surface area contributed by atoms with Gasteiger partial charge in [-0.05, 0) is 64.5 Å². The number of ether oxygens (including phenoxy) is 3. The van der Waals surface area contributed by atoms with E-state index in [1.807, 2.05) is 29.8 Å². The Labute approximate surface area is 282 Å². The number of hydrogen-bond acceptors (Lipinski definition) is 9. The Hall–Kier alpha value is -3.67.